The molecule has 1 aromatic heterocycles. The summed E-state index contributed by atoms with van der Waals surface area (Å²) < 4.78 is 20.9. The highest BCUT2D eigenvalue weighted by atomic mass is 19.1. The molecule has 0 spiro atoms. The molecule has 0 aliphatic heterocycles. The average molecular weight is 329 g/mol. The van der Waals surface area contributed by atoms with Gasteiger partial charge in [-0.1, -0.05) is 24.3 Å². The van der Waals surface area contributed by atoms with E-state index in [9.17, 15) is 9.90 Å². The number of para-hydroxylation sites is 1. The molecule has 1 aromatic carbocycles. The normalized spacial score (nSPS) is 22.7. The summed E-state index contributed by atoms with van der Waals surface area (Å²) in [5, 5.41) is 9.96. The highest BCUT2D eigenvalue weighted by molar-refractivity contribution is 5.89. The maximum Gasteiger partial charge on any atom is 0.195 e. The van der Waals surface area contributed by atoms with Crippen LogP contribution in [0.5, 0.6) is 5.75 Å². The molecule has 1 heterocycles. The molecule has 1 aliphatic rings. The van der Waals surface area contributed by atoms with Gasteiger partial charge in [-0.15, -0.1) is 0 Å². The van der Waals surface area contributed by atoms with Gasteiger partial charge in [-0.25, -0.2) is 4.39 Å². The lowest BCUT2D eigenvalue weighted by atomic mass is 9.78. The zero-order chi connectivity index (χ0) is 17.0. The first-order valence-electron chi connectivity index (χ1n) is 8.15. The van der Waals surface area contributed by atoms with Crippen LogP contribution >= 0.6 is 0 Å². The summed E-state index contributed by atoms with van der Waals surface area (Å²) in [6.45, 7) is 0.356. The number of pyridine rings is 1. The van der Waals surface area contributed by atoms with E-state index in [1.807, 2.05) is 30.3 Å². The number of fused-ring (bicyclic) bond motifs is 1. The fourth-order valence-electron chi connectivity index (χ4n) is 3.05. The van der Waals surface area contributed by atoms with E-state index in [0.717, 1.165) is 5.75 Å². The van der Waals surface area contributed by atoms with Crippen molar-refractivity contribution >= 4 is 5.78 Å². The van der Waals surface area contributed by atoms with Gasteiger partial charge >= 0.3 is 0 Å². The van der Waals surface area contributed by atoms with E-state index in [1.165, 1.54) is 6.20 Å². The van der Waals surface area contributed by atoms with Crippen LogP contribution in [0.3, 0.4) is 0 Å². The number of aromatic nitrogens is 1. The molecule has 0 radical (unpaired) electrons. The Morgan fingerprint density at radius 2 is 2.08 bits per heavy atom. The zero-order valence-electron chi connectivity index (χ0n) is 13.3. The highest BCUT2D eigenvalue weighted by Gasteiger charge is 2.45. The number of ketones is 1. The molecular formula is C19H20FNO3. The summed E-state index contributed by atoms with van der Waals surface area (Å²) in [5.41, 5.74) is -1.58. The number of Topliss-reactive ketones (excluding diaryl/α,β-unsaturated/α-hetero) is 1. The van der Waals surface area contributed by atoms with E-state index in [4.69, 9.17) is 4.74 Å². The van der Waals surface area contributed by atoms with Gasteiger partial charge in [0.25, 0.3) is 0 Å². The minimum atomic E-state index is -2.06. The van der Waals surface area contributed by atoms with Crippen LogP contribution in [0.2, 0.25) is 0 Å². The number of aliphatic hydroxyl groups is 1. The molecule has 2 atom stereocenters. The van der Waals surface area contributed by atoms with Gasteiger partial charge in [-0.05, 0) is 37.5 Å². The number of nitrogens with zero attached hydrogens (tertiary/aromatic N) is 1. The first-order valence-corrected chi connectivity index (χ1v) is 8.15. The monoisotopic (exact) mass is 329 g/mol. The number of carbonyl (C=O) groups is 1. The van der Waals surface area contributed by atoms with E-state index in [1.54, 1.807) is 12.1 Å². The molecule has 0 amide bonds. The van der Waals surface area contributed by atoms with Gasteiger partial charge in [0.05, 0.1) is 18.4 Å². The van der Waals surface area contributed by atoms with Gasteiger partial charge in [0, 0.05) is 18.2 Å². The van der Waals surface area contributed by atoms with Crippen molar-refractivity contribution in [2.24, 2.45) is 0 Å². The Balaban J connectivity index is 1.61. The number of rotatable bonds is 6. The Hall–Kier alpha value is -2.27. The summed E-state index contributed by atoms with van der Waals surface area (Å²) in [6, 6.07) is 12.4. The molecule has 1 aliphatic carbocycles. The number of hydrogen-bond acceptors (Lipinski definition) is 4. The molecule has 0 fully saturated rings. The summed E-state index contributed by atoms with van der Waals surface area (Å²) >= 11 is 0. The second-order valence-corrected chi connectivity index (χ2v) is 5.98. The van der Waals surface area contributed by atoms with Gasteiger partial charge in [0.15, 0.2) is 11.5 Å². The fourth-order valence-corrected chi connectivity index (χ4v) is 3.05. The predicted molar refractivity (Wildman–Crippen MR) is 87.4 cm³/mol. The summed E-state index contributed by atoms with van der Waals surface area (Å²) in [4.78, 5) is 16.5. The standard InChI is InChI=1S/C19H20FNO3/c20-19(11-10-16(22)18-15(19)8-4-12-21-18)17(23)9-5-13-24-14-6-2-1-3-7-14/h1-4,6-8,12,16,22H,5,9-11,13H2/t16-,19-/m0/s1. The molecule has 3 rings (SSSR count). The van der Waals surface area contributed by atoms with Gasteiger partial charge in [0.2, 0.25) is 0 Å². The van der Waals surface area contributed by atoms with Crippen molar-refractivity contribution in [2.75, 3.05) is 6.61 Å². The van der Waals surface area contributed by atoms with Crippen LogP contribution in [0.15, 0.2) is 48.7 Å². The largest absolute Gasteiger partial charge is 0.494 e. The fraction of sp³-hybridized carbons (Fsp3) is 0.368. The average Bonchev–Trinajstić information content (AvgIpc) is 2.63. The third-order valence-electron chi connectivity index (χ3n) is 4.35. The molecule has 0 saturated heterocycles. The first-order chi connectivity index (χ1) is 11.6. The lowest BCUT2D eigenvalue weighted by molar-refractivity contribution is -0.133. The van der Waals surface area contributed by atoms with Crippen LogP contribution in [0.25, 0.3) is 0 Å². The number of carbonyl (C=O) groups excluding carboxylic acids is 1. The number of halogens is 1. The number of ether oxygens (including phenoxy) is 1. The number of aliphatic hydroxyl groups excluding tert-OH is 1. The molecule has 126 valence electrons. The third-order valence-corrected chi connectivity index (χ3v) is 4.35. The number of alkyl halides is 1. The maximum absolute atomic E-state index is 15.3. The van der Waals surface area contributed by atoms with E-state index < -0.39 is 17.6 Å². The van der Waals surface area contributed by atoms with Crippen LogP contribution in [0, 0.1) is 0 Å². The topological polar surface area (TPSA) is 59.4 Å². The van der Waals surface area contributed by atoms with Crippen LogP contribution in [0.1, 0.15) is 43.0 Å². The van der Waals surface area contributed by atoms with Crippen molar-refractivity contribution in [3.63, 3.8) is 0 Å². The zero-order valence-corrected chi connectivity index (χ0v) is 13.3. The van der Waals surface area contributed by atoms with E-state index in [2.05, 4.69) is 4.98 Å². The molecule has 2 aromatic rings. The molecule has 0 bridgehead atoms. The molecular weight excluding hydrogens is 309 g/mol. The Morgan fingerprint density at radius 3 is 2.88 bits per heavy atom. The first kappa shape index (κ1) is 16.6. The molecule has 24 heavy (non-hydrogen) atoms. The van der Waals surface area contributed by atoms with Crippen LogP contribution < -0.4 is 4.74 Å². The van der Waals surface area contributed by atoms with Crippen LogP contribution in [-0.2, 0) is 10.5 Å². The smallest absolute Gasteiger partial charge is 0.195 e. The molecule has 0 unspecified atom stereocenters. The lowest BCUT2D eigenvalue weighted by Crippen LogP contribution is -2.36. The Morgan fingerprint density at radius 1 is 1.29 bits per heavy atom. The molecule has 5 heteroatoms. The van der Waals surface area contributed by atoms with Gasteiger partial charge in [-0.2, -0.15) is 0 Å². The van der Waals surface area contributed by atoms with E-state index >= 15 is 4.39 Å². The van der Waals surface area contributed by atoms with Gasteiger partial charge in [-0.3, -0.25) is 9.78 Å². The minimum Gasteiger partial charge on any atom is -0.494 e. The Labute approximate surface area is 140 Å². The summed E-state index contributed by atoms with van der Waals surface area (Å²) in [6.07, 6.45) is 1.43. The minimum absolute atomic E-state index is 0.00869. The van der Waals surface area contributed by atoms with Gasteiger partial charge in [0.1, 0.15) is 5.75 Å². The van der Waals surface area contributed by atoms with Crippen molar-refractivity contribution in [3.05, 3.63) is 59.9 Å². The molecule has 4 nitrogen and oxygen atoms in total. The second-order valence-electron chi connectivity index (χ2n) is 5.98. The van der Waals surface area contributed by atoms with Crippen molar-refractivity contribution in [1.82, 2.24) is 4.98 Å². The second kappa shape index (κ2) is 7.09. The Kier molecular flexibility index (Phi) is 4.90. The number of benzene rings is 1. The summed E-state index contributed by atoms with van der Waals surface area (Å²) in [7, 11) is 0. The van der Waals surface area contributed by atoms with Crippen molar-refractivity contribution in [3.8, 4) is 5.75 Å². The number of hydrogen-bond donors (Lipinski definition) is 1. The predicted octanol–water partition coefficient (Wildman–Crippen LogP) is 3.50. The van der Waals surface area contributed by atoms with Gasteiger partial charge < -0.3 is 9.84 Å². The van der Waals surface area contributed by atoms with Crippen molar-refractivity contribution < 1.29 is 19.0 Å². The lowest BCUT2D eigenvalue weighted by Gasteiger charge is -2.32. The van der Waals surface area contributed by atoms with E-state index in [0.29, 0.717) is 13.0 Å². The van der Waals surface area contributed by atoms with Crippen molar-refractivity contribution in [2.45, 2.75) is 37.5 Å². The van der Waals surface area contributed by atoms with Crippen molar-refractivity contribution in [1.29, 1.82) is 0 Å². The van der Waals surface area contributed by atoms with Crippen LogP contribution in [-0.4, -0.2) is 22.5 Å². The van der Waals surface area contributed by atoms with Crippen LogP contribution in [0.4, 0.5) is 4.39 Å². The summed E-state index contributed by atoms with van der Waals surface area (Å²) in [5.74, 6) is 0.260. The third kappa shape index (κ3) is 3.31. The quantitative estimate of drug-likeness (QED) is 0.824. The Bertz CT molecular complexity index is 707. The molecule has 1 N–H and O–H groups in total. The molecule has 0 saturated carbocycles. The van der Waals surface area contributed by atoms with E-state index in [-0.39, 0.29) is 30.5 Å². The maximum atomic E-state index is 15.3. The highest BCUT2D eigenvalue weighted by Crippen LogP contribution is 2.43. The SMILES string of the molecule is O=C(CCCOc1ccccc1)[C@]1(F)CC[C@H](O)c2ncccc21.